The summed E-state index contributed by atoms with van der Waals surface area (Å²) in [4.78, 5) is 24.7. The largest absolute Gasteiger partial charge is 0.348 e. The molecule has 3 rings (SSSR count). The molecule has 0 unspecified atom stereocenters. The van der Waals surface area contributed by atoms with Crippen molar-refractivity contribution in [2.75, 3.05) is 5.32 Å². The number of benzene rings is 3. The third-order valence-corrected chi connectivity index (χ3v) is 4.26. The van der Waals surface area contributed by atoms with E-state index >= 15 is 0 Å². The minimum atomic E-state index is -0.229. The van der Waals surface area contributed by atoms with Gasteiger partial charge < -0.3 is 10.6 Å². The zero-order valence-corrected chi connectivity index (χ0v) is 15.5. The Morgan fingerprint density at radius 3 is 2.19 bits per heavy atom. The minimum absolute atomic E-state index is 0.188. The van der Waals surface area contributed by atoms with Crippen LogP contribution >= 0.6 is 15.9 Å². The van der Waals surface area contributed by atoms with Gasteiger partial charge in [0.15, 0.2) is 0 Å². The van der Waals surface area contributed by atoms with Crippen LogP contribution in [0.2, 0.25) is 0 Å². The average molecular weight is 409 g/mol. The summed E-state index contributed by atoms with van der Waals surface area (Å²) >= 11 is 3.35. The average Bonchev–Trinajstić information content (AvgIpc) is 2.67. The van der Waals surface area contributed by atoms with Crippen LogP contribution in [0.3, 0.4) is 0 Å². The summed E-state index contributed by atoms with van der Waals surface area (Å²) < 4.78 is 0.833. The summed E-state index contributed by atoms with van der Waals surface area (Å²) in [5.74, 6) is -0.416. The smallest absolute Gasteiger partial charge is 0.255 e. The van der Waals surface area contributed by atoms with Gasteiger partial charge in [-0.25, -0.2) is 0 Å². The van der Waals surface area contributed by atoms with E-state index in [1.54, 1.807) is 42.5 Å². The van der Waals surface area contributed by atoms with Gasteiger partial charge >= 0.3 is 0 Å². The second kappa shape index (κ2) is 8.45. The van der Waals surface area contributed by atoms with E-state index in [2.05, 4.69) is 26.6 Å². The normalized spacial score (nSPS) is 10.2. The molecule has 0 bridgehead atoms. The highest BCUT2D eigenvalue weighted by Crippen LogP contribution is 2.15. The van der Waals surface area contributed by atoms with Gasteiger partial charge in [0.1, 0.15) is 0 Å². The molecule has 0 saturated carbocycles. The van der Waals surface area contributed by atoms with Crippen LogP contribution in [-0.4, -0.2) is 11.8 Å². The van der Waals surface area contributed by atoms with Crippen LogP contribution in [0.5, 0.6) is 0 Å². The van der Waals surface area contributed by atoms with E-state index in [4.69, 9.17) is 0 Å². The number of nitrogens with one attached hydrogen (secondary N) is 2. The van der Waals surface area contributed by atoms with Gasteiger partial charge in [-0.2, -0.15) is 0 Å². The first-order valence-electron chi connectivity index (χ1n) is 8.11. The number of halogens is 1. The summed E-state index contributed by atoms with van der Waals surface area (Å²) in [5.41, 5.74) is 2.63. The van der Waals surface area contributed by atoms with E-state index in [1.807, 2.05) is 36.4 Å². The van der Waals surface area contributed by atoms with Crippen LogP contribution in [0.1, 0.15) is 26.3 Å². The molecule has 3 aromatic rings. The third-order valence-electron chi connectivity index (χ3n) is 3.77. The highest BCUT2D eigenvalue weighted by molar-refractivity contribution is 9.10. The second-order valence-electron chi connectivity index (χ2n) is 5.71. The van der Waals surface area contributed by atoms with Crippen molar-refractivity contribution in [3.8, 4) is 0 Å². The molecule has 0 aromatic heterocycles. The van der Waals surface area contributed by atoms with Crippen molar-refractivity contribution in [1.29, 1.82) is 0 Å². The molecule has 2 N–H and O–H groups in total. The summed E-state index contributed by atoms with van der Waals surface area (Å²) in [5, 5.41) is 5.69. The lowest BCUT2D eigenvalue weighted by atomic mass is 10.1. The van der Waals surface area contributed by atoms with E-state index in [1.165, 1.54) is 0 Å². The fourth-order valence-corrected chi connectivity index (χ4v) is 2.85. The predicted molar refractivity (Wildman–Crippen MR) is 106 cm³/mol. The zero-order chi connectivity index (χ0) is 18.4. The molecule has 0 spiro atoms. The first-order valence-corrected chi connectivity index (χ1v) is 8.90. The van der Waals surface area contributed by atoms with Crippen molar-refractivity contribution in [3.63, 3.8) is 0 Å². The molecular formula is C21H17BrN2O2. The number of anilines is 1. The van der Waals surface area contributed by atoms with Gasteiger partial charge in [-0.15, -0.1) is 0 Å². The molecule has 5 heteroatoms. The fourth-order valence-electron chi connectivity index (χ4n) is 2.45. The van der Waals surface area contributed by atoms with Crippen molar-refractivity contribution in [3.05, 3.63) is 100 Å². The third kappa shape index (κ3) is 4.80. The molecule has 0 fully saturated rings. The summed E-state index contributed by atoms with van der Waals surface area (Å²) in [7, 11) is 0. The molecule has 0 radical (unpaired) electrons. The van der Waals surface area contributed by atoms with Crippen molar-refractivity contribution in [2.24, 2.45) is 0 Å². The molecule has 130 valence electrons. The Hall–Kier alpha value is -2.92. The predicted octanol–water partition coefficient (Wildman–Crippen LogP) is 4.63. The van der Waals surface area contributed by atoms with Gasteiger partial charge in [-0.3, -0.25) is 9.59 Å². The van der Waals surface area contributed by atoms with Crippen LogP contribution in [-0.2, 0) is 6.54 Å². The molecule has 0 heterocycles. The molecule has 4 nitrogen and oxygen atoms in total. The molecule has 2 amide bonds. The van der Waals surface area contributed by atoms with Crippen LogP contribution in [0, 0.1) is 0 Å². The van der Waals surface area contributed by atoms with Crippen LogP contribution < -0.4 is 10.6 Å². The summed E-state index contributed by atoms with van der Waals surface area (Å²) in [6, 6.07) is 23.7. The molecule has 0 aliphatic carbocycles. The molecule has 0 aliphatic rings. The first kappa shape index (κ1) is 17.9. The Morgan fingerprint density at radius 2 is 1.46 bits per heavy atom. The number of rotatable bonds is 5. The van der Waals surface area contributed by atoms with Crippen LogP contribution in [0.25, 0.3) is 0 Å². The Morgan fingerprint density at radius 1 is 0.769 bits per heavy atom. The first-order chi connectivity index (χ1) is 12.6. The van der Waals surface area contributed by atoms with E-state index in [-0.39, 0.29) is 11.8 Å². The quantitative estimate of drug-likeness (QED) is 0.646. The minimum Gasteiger partial charge on any atom is -0.348 e. The van der Waals surface area contributed by atoms with Crippen LogP contribution in [0.4, 0.5) is 5.69 Å². The summed E-state index contributed by atoms with van der Waals surface area (Å²) in [6.07, 6.45) is 0. The zero-order valence-electron chi connectivity index (χ0n) is 13.9. The molecule has 0 saturated heterocycles. The van der Waals surface area contributed by atoms with Crippen molar-refractivity contribution >= 4 is 33.4 Å². The maximum atomic E-state index is 12.3. The number of carbonyl (C=O) groups excluding carboxylic acids is 2. The van der Waals surface area contributed by atoms with Crippen molar-refractivity contribution < 1.29 is 9.59 Å². The maximum Gasteiger partial charge on any atom is 0.255 e. The van der Waals surface area contributed by atoms with Gasteiger partial charge in [0.2, 0.25) is 0 Å². The Kier molecular flexibility index (Phi) is 5.81. The van der Waals surface area contributed by atoms with E-state index in [0.717, 1.165) is 10.0 Å². The monoisotopic (exact) mass is 408 g/mol. The molecular weight excluding hydrogens is 392 g/mol. The van der Waals surface area contributed by atoms with Gasteiger partial charge in [0, 0.05) is 27.8 Å². The lowest BCUT2D eigenvalue weighted by Crippen LogP contribution is -2.23. The van der Waals surface area contributed by atoms with Gasteiger partial charge in [0.25, 0.3) is 11.8 Å². The topological polar surface area (TPSA) is 58.2 Å². The van der Waals surface area contributed by atoms with Gasteiger partial charge in [-0.1, -0.05) is 58.4 Å². The highest BCUT2D eigenvalue weighted by atomic mass is 79.9. The molecule has 0 aliphatic heterocycles. The van der Waals surface area contributed by atoms with Crippen molar-refractivity contribution in [2.45, 2.75) is 6.54 Å². The lowest BCUT2D eigenvalue weighted by molar-refractivity contribution is 0.0949. The second-order valence-corrected chi connectivity index (χ2v) is 6.63. The molecule has 26 heavy (non-hydrogen) atoms. The van der Waals surface area contributed by atoms with Gasteiger partial charge in [-0.05, 0) is 42.0 Å². The van der Waals surface area contributed by atoms with Crippen molar-refractivity contribution in [1.82, 2.24) is 5.32 Å². The number of carbonyl (C=O) groups is 2. The highest BCUT2D eigenvalue weighted by Gasteiger charge is 2.09. The lowest BCUT2D eigenvalue weighted by Gasteiger charge is -2.09. The summed E-state index contributed by atoms with van der Waals surface area (Å²) in [6.45, 7) is 0.453. The maximum absolute atomic E-state index is 12.3. The SMILES string of the molecule is O=C(NCc1ccccc1)c1cccc(NC(=O)c2cccc(Br)c2)c1. The van der Waals surface area contributed by atoms with E-state index in [0.29, 0.717) is 23.4 Å². The number of amides is 2. The number of hydrogen-bond donors (Lipinski definition) is 2. The number of hydrogen-bond acceptors (Lipinski definition) is 2. The molecule has 3 aromatic carbocycles. The van der Waals surface area contributed by atoms with Gasteiger partial charge in [0.05, 0.1) is 0 Å². The fraction of sp³-hybridized carbons (Fsp3) is 0.0476. The standard InChI is InChI=1S/C21H17BrN2O2/c22-18-10-4-8-16(12-18)21(26)24-19-11-5-9-17(13-19)20(25)23-14-15-6-2-1-3-7-15/h1-13H,14H2,(H,23,25)(H,24,26). The Labute approximate surface area is 160 Å². The molecule has 0 atom stereocenters. The van der Waals surface area contributed by atoms with E-state index in [9.17, 15) is 9.59 Å². The Bertz CT molecular complexity index is 926. The van der Waals surface area contributed by atoms with Crippen LogP contribution in [0.15, 0.2) is 83.3 Å². The van der Waals surface area contributed by atoms with E-state index < -0.39 is 0 Å². The Balaban J connectivity index is 1.65.